The largest absolute Gasteiger partial charge is 0.444 e. The number of hydrogen-bond donors (Lipinski definition) is 4. The molecular formula is C22H40N4O5. The van der Waals surface area contributed by atoms with E-state index >= 15 is 0 Å². The molecule has 0 radical (unpaired) electrons. The van der Waals surface area contributed by atoms with E-state index in [0.29, 0.717) is 32.3 Å². The molecule has 1 aliphatic carbocycles. The Morgan fingerprint density at radius 2 is 1.77 bits per heavy atom. The summed E-state index contributed by atoms with van der Waals surface area (Å²) in [4.78, 5) is 42.6. The number of primary amides is 1. The molecule has 0 aromatic heterocycles. The van der Waals surface area contributed by atoms with Gasteiger partial charge < -0.3 is 26.4 Å². The van der Waals surface area contributed by atoms with Gasteiger partial charge in [-0.15, -0.1) is 6.58 Å². The van der Waals surface area contributed by atoms with E-state index in [1.165, 1.54) is 18.9 Å². The average molecular weight is 441 g/mol. The second-order valence-electron chi connectivity index (χ2n) is 7.92. The molecule has 0 bridgehead atoms. The van der Waals surface area contributed by atoms with Crippen LogP contribution in [-0.2, 0) is 19.1 Å². The minimum absolute atomic E-state index is 0.0473. The molecule has 0 aliphatic heterocycles. The number of nitrogens with two attached hydrogens (primary N) is 1. The zero-order valence-electron chi connectivity index (χ0n) is 19.4. The fraction of sp³-hybridized carbons (Fsp3) is 0.636. The summed E-state index contributed by atoms with van der Waals surface area (Å²) in [5.41, 5.74) is 4.26. The van der Waals surface area contributed by atoms with E-state index in [0.717, 1.165) is 12.3 Å². The minimum atomic E-state index is -0.725. The first-order chi connectivity index (χ1) is 14.5. The van der Waals surface area contributed by atoms with Gasteiger partial charge in [-0.25, -0.2) is 4.79 Å². The number of ether oxygens (including phenoxy) is 1. The molecule has 9 nitrogen and oxygen atoms in total. The highest BCUT2D eigenvalue weighted by molar-refractivity contribution is 5.86. The fourth-order valence-corrected chi connectivity index (χ4v) is 2.20. The van der Waals surface area contributed by atoms with Gasteiger partial charge in [-0.2, -0.15) is 0 Å². The van der Waals surface area contributed by atoms with E-state index in [9.17, 15) is 19.2 Å². The summed E-state index contributed by atoms with van der Waals surface area (Å²) in [6, 6.07) is 0. The van der Waals surface area contributed by atoms with Crippen molar-refractivity contribution in [3.05, 3.63) is 25.3 Å². The lowest BCUT2D eigenvalue weighted by Gasteiger charge is -2.16. The molecule has 178 valence electrons. The van der Waals surface area contributed by atoms with Gasteiger partial charge in [0.25, 0.3) is 0 Å². The molecule has 0 saturated heterocycles. The third-order valence-corrected chi connectivity index (χ3v) is 3.91. The first kappa shape index (κ1) is 30.4. The van der Waals surface area contributed by atoms with Gasteiger partial charge in [-0.3, -0.25) is 14.4 Å². The lowest BCUT2D eigenvalue weighted by Crippen LogP contribution is -2.32. The topological polar surface area (TPSA) is 140 Å². The number of rotatable bonds is 11. The second-order valence-corrected chi connectivity index (χ2v) is 7.92. The van der Waals surface area contributed by atoms with E-state index in [2.05, 4.69) is 33.8 Å². The van der Waals surface area contributed by atoms with Crippen LogP contribution in [0.25, 0.3) is 0 Å². The molecule has 1 fully saturated rings. The van der Waals surface area contributed by atoms with Crippen molar-refractivity contribution >= 4 is 24.3 Å². The number of nitrogens with one attached hydrogen (secondary N) is 3. The Bertz CT molecular complexity index is 569. The number of amides is 4. The first-order valence-corrected chi connectivity index (χ1v) is 10.4. The summed E-state index contributed by atoms with van der Waals surface area (Å²) in [7, 11) is 1.58. The van der Waals surface area contributed by atoms with Crippen LogP contribution < -0.4 is 21.7 Å². The van der Waals surface area contributed by atoms with Crippen molar-refractivity contribution in [1.29, 1.82) is 0 Å². The summed E-state index contributed by atoms with van der Waals surface area (Å²) < 4.78 is 4.58. The Morgan fingerprint density at radius 1 is 1.16 bits per heavy atom. The summed E-state index contributed by atoms with van der Waals surface area (Å²) in [6.45, 7) is 13.2. The summed E-state index contributed by atoms with van der Waals surface area (Å²) in [5.74, 6) is 0.450. The quantitative estimate of drug-likeness (QED) is 0.168. The molecule has 0 aromatic rings. The predicted octanol–water partition coefficient (Wildman–Crippen LogP) is 2.03. The Labute approximate surface area is 186 Å². The van der Waals surface area contributed by atoms with Crippen molar-refractivity contribution < 1.29 is 23.9 Å². The van der Waals surface area contributed by atoms with Gasteiger partial charge in [-0.1, -0.05) is 12.7 Å². The van der Waals surface area contributed by atoms with Crippen LogP contribution in [0.15, 0.2) is 25.3 Å². The Hall–Kier alpha value is -2.84. The highest BCUT2D eigenvalue weighted by Gasteiger charge is 2.16. The summed E-state index contributed by atoms with van der Waals surface area (Å²) in [5, 5.41) is 7.78. The zero-order valence-corrected chi connectivity index (χ0v) is 19.4. The monoisotopic (exact) mass is 440 g/mol. The van der Waals surface area contributed by atoms with Crippen molar-refractivity contribution in [2.24, 2.45) is 17.6 Å². The highest BCUT2D eigenvalue weighted by atomic mass is 16.6. The van der Waals surface area contributed by atoms with Crippen molar-refractivity contribution in [3.8, 4) is 0 Å². The van der Waals surface area contributed by atoms with Crippen LogP contribution in [0.1, 0.15) is 52.9 Å². The van der Waals surface area contributed by atoms with Crippen LogP contribution in [0, 0.1) is 11.8 Å². The maximum Gasteiger partial charge on any atom is 0.405 e. The molecular weight excluding hydrogens is 400 g/mol. The van der Waals surface area contributed by atoms with E-state index in [1.807, 2.05) is 6.08 Å². The average Bonchev–Trinajstić information content (AvgIpc) is 3.52. The van der Waals surface area contributed by atoms with Gasteiger partial charge >= 0.3 is 6.09 Å². The number of carbonyl (C=O) groups is 4. The molecule has 1 aliphatic rings. The number of hydrogen-bond acceptors (Lipinski definition) is 5. The molecule has 0 aromatic carbocycles. The van der Waals surface area contributed by atoms with Crippen LogP contribution in [0.5, 0.6) is 0 Å². The normalized spacial score (nSPS) is 12.9. The lowest BCUT2D eigenvalue weighted by atomic mass is 9.98. The highest BCUT2D eigenvalue weighted by Crippen LogP contribution is 2.28. The predicted molar refractivity (Wildman–Crippen MR) is 122 cm³/mol. The Balaban J connectivity index is 0. The van der Waals surface area contributed by atoms with Crippen molar-refractivity contribution in [2.75, 3.05) is 20.1 Å². The van der Waals surface area contributed by atoms with Gasteiger partial charge in [0.1, 0.15) is 5.60 Å². The SMILES string of the molecule is C=CC(=O)NCCC(CCCNC=O)C(=O)NC.C=CC1CC1.CC(C)(C)OC(N)=O. The maximum absolute atomic E-state index is 11.6. The van der Waals surface area contributed by atoms with Gasteiger partial charge in [0.15, 0.2) is 0 Å². The smallest absolute Gasteiger partial charge is 0.405 e. The summed E-state index contributed by atoms with van der Waals surface area (Å²) in [6.07, 6.45) is 7.89. The first-order valence-electron chi connectivity index (χ1n) is 10.4. The molecule has 1 saturated carbocycles. The molecule has 9 heteroatoms. The van der Waals surface area contributed by atoms with Crippen LogP contribution in [0.3, 0.4) is 0 Å². The van der Waals surface area contributed by atoms with Gasteiger partial charge in [0.2, 0.25) is 18.2 Å². The van der Waals surface area contributed by atoms with E-state index < -0.39 is 11.7 Å². The lowest BCUT2D eigenvalue weighted by molar-refractivity contribution is -0.125. The zero-order chi connectivity index (χ0) is 24.3. The molecule has 0 spiro atoms. The van der Waals surface area contributed by atoms with Gasteiger partial charge in [-0.05, 0) is 64.9 Å². The van der Waals surface area contributed by atoms with E-state index in [-0.39, 0.29) is 17.7 Å². The maximum atomic E-state index is 11.6. The molecule has 1 rings (SSSR count). The van der Waals surface area contributed by atoms with Crippen molar-refractivity contribution in [1.82, 2.24) is 16.0 Å². The van der Waals surface area contributed by atoms with Crippen LogP contribution in [0.2, 0.25) is 0 Å². The molecule has 1 atom stereocenters. The fourth-order valence-electron chi connectivity index (χ4n) is 2.20. The minimum Gasteiger partial charge on any atom is -0.444 e. The Kier molecular flexibility index (Phi) is 17.6. The van der Waals surface area contributed by atoms with Crippen molar-refractivity contribution in [2.45, 2.75) is 58.5 Å². The second kappa shape index (κ2) is 18.0. The van der Waals surface area contributed by atoms with E-state index in [4.69, 9.17) is 5.73 Å². The third-order valence-electron chi connectivity index (χ3n) is 3.91. The summed E-state index contributed by atoms with van der Waals surface area (Å²) >= 11 is 0. The molecule has 31 heavy (non-hydrogen) atoms. The van der Waals surface area contributed by atoms with Crippen molar-refractivity contribution in [3.63, 3.8) is 0 Å². The number of carbonyl (C=O) groups excluding carboxylic acids is 4. The standard InChI is InChI=1S/C12H21N3O3.C5H11NO2.C5H8/c1-3-11(17)15-8-6-10(12(18)13-2)5-4-7-14-9-16;1-5(2,3)8-4(6)7;1-2-5-3-4-5/h3,9-10H,1,4-8H2,2H3,(H,13,18)(H,14,16)(H,15,17);1-3H3,(H2,6,7);2,5H,1,3-4H2. The van der Waals surface area contributed by atoms with Crippen LogP contribution in [-0.4, -0.2) is 50.1 Å². The van der Waals surface area contributed by atoms with Gasteiger partial charge in [0.05, 0.1) is 0 Å². The van der Waals surface area contributed by atoms with Crippen LogP contribution >= 0.6 is 0 Å². The molecule has 5 N–H and O–H groups in total. The Morgan fingerprint density at radius 3 is 2.10 bits per heavy atom. The van der Waals surface area contributed by atoms with Crippen LogP contribution in [0.4, 0.5) is 4.79 Å². The molecule has 0 heterocycles. The van der Waals surface area contributed by atoms with Gasteiger partial charge in [0, 0.05) is 26.1 Å². The third kappa shape index (κ3) is 23.3. The number of allylic oxidation sites excluding steroid dienone is 1. The van der Waals surface area contributed by atoms with E-state index in [1.54, 1.807) is 27.8 Å². The molecule has 4 amide bonds. The molecule has 1 unspecified atom stereocenters.